The van der Waals surface area contributed by atoms with Crippen LogP contribution in [0.3, 0.4) is 0 Å². The van der Waals surface area contributed by atoms with Gasteiger partial charge in [-0.2, -0.15) is 0 Å². The molecule has 0 aliphatic heterocycles. The zero-order valence-corrected chi connectivity index (χ0v) is 12.2. The molecule has 1 atom stereocenters. The van der Waals surface area contributed by atoms with Crippen molar-refractivity contribution < 1.29 is 9.53 Å². The van der Waals surface area contributed by atoms with Crippen LogP contribution < -0.4 is 5.73 Å². The quantitative estimate of drug-likeness (QED) is 0.854. The van der Waals surface area contributed by atoms with Crippen molar-refractivity contribution in [1.82, 2.24) is 0 Å². The SMILES string of the molecule is Cc1cc(C(N)C(=O)OC(C)(C)C)ccc1Br. The highest BCUT2D eigenvalue weighted by molar-refractivity contribution is 9.10. The Morgan fingerprint density at radius 3 is 2.47 bits per heavy atom. The van der Waals surface area contributed by atoms with Gasteiger partial charge >= 0.3 is 5.97 Å². The number of benzene rings is 1. The summed E-state index contributed by atoms with van der Waals surface area (Å²) in [7, 11) is 0. The lowest BCUT2D eigenvalue weighted by Gasteiger charge is -2.22. The second kappa shape index (κ2) is 5.19. The van der Waals surface area contributed by atoms with Crippen LogP contribution in [0, 0.1) is 6.92 Å². The van der Waals surface area contributed by atoms with Crippen molar-refractivity contribution in [2.45, 2.75) is 39.3 Å². The molecular formula is C13H18BrNO2. The summed E-state index contributed by atoms with van der Waals surface area (Å²) in [4.78, 5) is 11.8. The van der Waals surface area contributed by atoms with E-state index in [0.29, 0.717) is 0 Å². The number of nitrogens with two attached hydrogens (primary N) is 1. The molecule has 0 saturated heterocycles. The topological polar surface area (TPSA) is 52.3 Å². The zero-order chi connectivity index (χ0) is 13.2. The summed E-state index contributed by atoms with van der Waals surface area (Å²) in [5.74, 6) is -0.403. The van der Waals surface area contributed by atoms with Gasteiger partial charge in [0.15, 0.2) is 0 Å². The monoisotopic (exact) mass is 299 g/mol. The number of hydrogen-bond acceptors (Lipinski definition) is 3. The molecule has 0 bridgehead atoms. The maximum atomic E-state index is 11.8. The number of aryl methyl sites for hydroxylation is 1. The van der Waals surface area contributed by atoms with Crippen molar-refractivity contribution >= 4 is 21.9 Å². The molecule has 1 unspecified atom stereocenters. The fraction of sp³-hybridized carbons (Fsp3) is 0.462. The van der Waals surface area contributed by atoms with Crippen LogP contribution in [0.2, 0.25) is 0 Å². The summed E-state index contributed by atoms with van der Waals surface area (Å²) in [5.41, 5.74) is 7.17. The van der Waals surface area contributed by atoms with Crippen LogP contribution in [0.25, 0.3) is 0 Å². The molecule has 1 rings (SSSR count). The van der Waals surface area contributed by atoms with Gasteiger partial charge in [-0.05, 0) is 44.9 Å². The molecule has 0 spiro atoms. The molecule has 0 heterocycles. The molecule has 0 aliphatic rings. The van der Waals surface area contributed by atoms with Crippen LogP contribution in [0.5, 0.6) is 0 Å². The molecule has 2 N–H and O–H groups in total. The lowest BCUT2D eigenvalue weighted by Crippen LogP contribution is -2.31. The third kappa shape index (κ3) is 4.13. The van der Waals surface area contributed by atoms with E-state index < -0.39 is 17.6 Å². The Labute approximate surface area is 110 Å². The van der Waals surface area contributed by atoms with Crippen molar-refractivity contribution in [3.8, 4) is 0 Å². The number of ether oxygens (including phenoxy) is 1. The fourth-order valence-corrected chi connectivity index (χ4v) is 1.61. The maximum Gasteiger partial charge on any atom is 0.328 e. The Bertz CT molecular complexity index is 424. The van der Waals surface area contributed by atoms with E-state index in [1.54, 1.807) is 0 Å². The number of halogens is 1. The van der Waals surface area contributed by atoms with Gasteiger partial charge in [0.25, 0.3) is 0 Å². The van der Waals surface area contributed by atoms with Crippen LogP contribution in [0.4, 0.5) is 0 Å². The first-order valence-corrected chi connectivity index (χ1v) is 6.24. The third-order valence-electron chi connectivity index (χ3n) is 2.20. The third-order valence-corrected chi connectivity index (χ3v) is 3.09. The Morgan fingerprint density at radius 2 is 2.00 bits per heavy atom. The molecular weight excluding hydrogens is 282 g/mol. The summed E-state index contributed by atoms with van der Waals surface area (Å²) in [6.45, 7) is 7.43. The van der Waals surface area contributed by atoms with Gasteiger partial charge in [0.2, 0.25) is 0 Å². The summed E-state index contributed by atoms with van der Waals surface area (Å²) in [6.07, 6.45) is 0. The van der Waals surface area contributed by atoms with E-state index in [-0.39, 0.29) is 0 Å². The molecule has 1 aromatic rings. The molecule has 0 saturated carbocycles. The highest BCUT2D eigenvalue weighted by Gasteiger charge is 2.23. The number of rotatable bonds is 2. The molecule has 94 valence electrons. The minimum atomic E-state index is -0.735. The summed E-state index contributed by atoms with van der Waals surface area (Å²) < 4.78 is 6.25. The predicted molar refractivity (Wildman–Crippen MR) is 71.7 cm³/mol. The molecule has 0 radical (unpaired) electrons. The standard InChI is InChI=1S/C13H18BrNO2/c1-8-7-9(5-6-10(8)14)11(15)12(16)17-13(2,3)4/h5-7,11H,15H2,1-4H3. The second-order valence-electron chi connectivity index (χ2n) is 5.02. The van der Waals surface area contributed by atoms with Crippen LogP contribution in [-0.4, -0.2) is 11.6 Å². The minimum Gasteiger partial charge on any atom is -0.459 e. The number of esters is 1. The van der Waals surface area contributed by atoms with E-state index >= 15 is 0 Å². The van der Waals surface area contributed by atoms with Gasteiger partial charge in [-0.3, -0.25) is 0 Å². The molecule has 1 aromatic carbocycles. The van der Waals surface area contributed by atoms with E-state index in [4.69, 9.17) is 10.5 Å². The molecule has 0 amide bonds. The summed E-state index contributed by atoms with van der Waals surface area (Å²) in [6, 6.07) is 4.86. The van der Waals surface area contributed by atoms with Crippen LogP contribution in [0.15, 0.2) is 22.7 Å². The lowest BCUT2D eigenvalue weighted by molar-refractivity contribution is -0.156. The van der Waals surface area contributed by atoms with Crippen LogP contribution >= 0.6 is 15.9 Å². The smallest absolute Gasteiger partial charge is 0.328 e. The maximum absolute atomic E-state index is 11.8. The number of carbonyl (C=O) groups excluding carboxylic acids is 1. The Hall–Kier alpha value is -0.870. The molecule has 0 aromatic heterocycles. The Balaban J connectivity index is 2.85. The van der Waals surface area contributed by atoms with Gasteiger partial charge in [-0.1, -0.05) is 28.1 Å². The van der Waals surface area contributed by atoms with Gasteiger partial charge in [0, 0.05) is 4.47 Å². The average Bonchev–Trinajstić information content (AvgIpc) is 2.18. The first-order chi connectivity index (χ1) is 7.70. The zero-order valence-electron chi connectivity index (χ0n) is 10.6. The first kappa shape index (κ1) is 14.2. The van der Waals surface area contributed by atoms with E-state index in [9.17, 15) is 4.79 Å². The lowest BCUT2D eigenvalue weighted by atomic mass is 10.0. The van der Waals surface area contributed by atoms with Gasteiger partial charge in [0.1, 0.15) is 11.6 Å². The second-order valence-corrected chi connectivity index (χ2v) is 5.87. The summed E-state index contributed by atoms with van der Waals surface area (Å²) >= 11 is 3.41. The van der Waals surface area contributed by atoms with Gasteiger partial charge < -0.3 is 10.5 Å². The van der Waals surface area contributed by atoms with Gasteiger partial charge in [0.05, 0.1) is 0 Å². The highest BCUT2D eigenvalue weighted by Crippen LogP contribution is 2.22. The highest BCUT2D eigenvalue weighted by atomic mass is 79.9. The van der Waals surface area contributed by atoms with E-state index in [0.717, 1.165) is 15.6 Å². The normalized spacial score (nSPS) is 13.3. The van der Waals surface area contributed by atoms with Gasteiger partial charge in [-0.25, -0.2) is 4.79 Å². The average molecular weight is 300 g/mol. The molecule has 17 heavy (non-hydrogen) atoms. The van der Waals surface area contributed by atoms with Crippen molar-refractivity contribution in [2.75, 3.05) is 0 Å². The Morgan fingerprint density at radius 1 is 1.41 bits per heavy atom. The number of hydrogen-bond donors (Lipinski definition) is 1. The first-order valence-electron chi connectivity index (χ1n) is 5.45. The fourth-order valence-electron chi connectivity index (χ4n) is 1.36. The van der Waals surface area contributed by atoms with Crippen LogP contribution in [0.1, 0.15) is 37.9 Å². The number of carbonyl (C=O) groups is 1. The Kier molecular flexibility index (Phi) is 4.33. The largest absolute Gasteiger partial charge is 0.459 e. The van der Waals surface area contributed by atoms with Crippen molar-refractivity contribution in [1.29, 1.82) is 0 Å². The summed E-state index contributed by atoms with van der Waals surface area (Å²) in [5, 5.41) is 0. The van der Waals surface area contributed by atoms with Crippen LogP contribution in [-0.2, 0) is 9.53 Å². The van der Waals surface area contributed by atoms with E-state index in [1.807, 2.05) is 45.9 Å². The molecule has 0 aliphatic carbocycles. The molecule has 3 nitrogen and oxygen atoms in total. The van der Waals surface area contributed by atoms with Crippen molar-refractivity contribution in [3.05, 3.63) is 33.8 Å². The van der Waals surface area contributed by atoms with Crippen molar-refractivity contribution in [2.24, 2.45) is 5.73 Å². The molecule has 0 fully saturated rings. The van der Waals surface area contributed by atoms with E-state index in [2.05, 4.69) is 15.9 Å². The van der Waals surface area contributed by atoms with E-state index in [1.165, 1.54) is 0 Å². The molecule has 4 heteroatoms. The van der Waals surface area contributed by atoms with Gasteiger partial charge in [-0.15, -0.1) is 0 Å². The predicted octanol–water partition coefficient (Wildman–Crippen LogP) is 3.10. The van der Waals surface area contributed by atoms with Crippen molar-refractivity contribution in [3.63, 3.8) is 0 Å². The minimum absolute atomic E-state index is 0.403.